The van der Waals surface area contributed by atoms with E-state index in [1.54, 1.807) is 42.5 Å². The normalized spacial score (nSPS) is 14.7. The van der Waals surface area contributed by atoms with Gasteiger partial charge in [-0.3, -0.25) is 14.9 Å². The van der Waals surface area contributed by atoms with Crippen molar-refractivity contribution >= 4 is 29.6 Å². The number of anilines is 1. The van der Waals surface area contributed by atoms with E-state index < -0.39 is 17.8 Å². The Morgan fingerprint density at radius 1 is 0.917 bits per heavy atom. The van der Waals surface area contributed by atoms with Gasteiger partial charge in [-0.05, 0) is 79.1 Å². The summed E-state index contributed by atoms with van der Waals surface area (Å²) in [5.41, 5.74) is 2.27. The number of rotatable bonds is 8. The summed E-state index contributed by atoms with van der Waals surface area (Å²) < 4.78 is 24.8. The number of benzene rings is 3. The zero-order chi connectivity index (χ0) is 25.7. The molecule has 1 heterocycles. The Balaban J connectivity index is 1.64. The van der Waals surface area contributed by atoms with E-state index >= 15 is 0 Å². The van der Waals surface area contributed by atoms with Gasteiger partial charge in [0.05, 0.1) is 18.9 Å². The van der Waals surface area contributed by atoms with Crippen LogP contribution in [0, 0.1) is 5.82 Å². The molecule has 0 spiro atoms. The molecule has 8 heteroatoms. The lowest BCUT2D eigenvalue weighted by Crippen LogP contribution is -2.54. The molecule has 4 rings (SSSR count). The van der Waals surface area contributed by atoms with Crippen LogP contribution in [0.15, 0.2) is 72.3 Å². The average molecular weight is 489 g/mol. The molecule has 4 amide bonds. The van der Waals surface area contributed by atoms with Gasteiger partial charge in [0, 0.05) is 6.42 Å². The molecule has 0 atom stereocenters. The zero-order valence-electron chi connectivity index (χ0n) is 19.9. The number of urea groups is 1. The first-order valence-corrected chi connectivity index (χ1v) is 11.5. The van der Waals surface area contributed by atoms with Gasteiger partial charge in [-0.15, -0.1) is 0 Å². The van der Waals surface area contributed by atoms with E-state index in [-0.39, 0.29) is 11.4 Å². The molecule has 0 saturated carbocycles. The third-order valence-corrected chi connectivity index (χ3v) is 5.49. The van der Waals surface area contributed by atoms with Crippen LogP contribution >= 0.6 is 0 Å². The van der Waals surface area contributed by atoms with Crippen molar-refractivity contribution in [2.75, 3.05) is 18.1 Å². The van der Waals surface area contributed by atoms with Gasteiger partial charge in [0.25, 0.3) is 11.8 Å². The molecule has 1 aliphatic rings. The van der Waals surface area contributed by atoms with Gasteiger partial charge in [-0.1, -0.05) is 24.3 Å². The number of nitrogens with one attached hydrogen (secondary N) is 1. The van der Waals surface area contributed by atoms with Gasteiger partial charge in [0.2, 0.25) is 0 Å². The summed E-state index contributed by atoms with van der Waals surface area (Å²) >= 11 is 0. The van der Waals surface area contributed by atoms with E-state index in [2.05, 4.69) is 5.32 Å². The van der Waals surface area contributed by atoms with Crippen LogP contribution in [0.1, 0.15) is 30.5 Å². The quantitative estimate of drug-likeness (QED) is 0.361. The Hall–Kier alpha value is -4.46. The van der Waals surface area contributed by atoms with Gasteiger partial charge in [-0.25, -0.2) is 14.1 Å². The molecule has 0 aliphatic carbocycles. The summed E-state index contributed by atoms with van der Waals surface area (Å²) in [6.07, 6.45) is 1.86. The highest BCUT2D eigenvalue weighted by Gasteiger charge is 2.36. The summed E-state index contributed by atoms with van der Waals surface area (Å²) in [6, 6.07) is 17.2. The Kier molecular flexibility index (Phi) is 7.44. The molecular weight excluding hydrogens is 463 g/mol. The fourth-order valence-electron chi connectivity index (χ4n) is 3.88. The fraction of sp³-hybridized carbons (Fsp3) is 0.179. The number of barbiturate groups is 1. The third kappa shape index (κ3) is 5.43. The number of nitrogens with zero attached hydrogens (tertiary/aromatic N) is 1. The first-order valence-electron chi connectivity index (χ1n) is 11.5. The summed E-state index contributed by atoms with van der Waals surface area (Å²) in [5.74, 6) is -0.692. The Morgan fingerprint density at radius 2 is 1.67 bits per heavy atom. The highest BCUT2D eigenvalue weighted by Crippen LogP contribution is 2.27. The van der Waals surface area contributed by atoms with Crippen LogP contribution in [0.5, 0.6) is 11.5 Å². The second-order valence-corrected chi connectivity index (χ2v) is 7.99. The molecular formula is C28H25FN2O5. The largest absolute Gasteiger partial charge is 0.494 e. The number of imide groups is 2. The molecule has 36 heavy (non-hydrogen) atoms. The number of hydrogen-bond acceptors (Lipinski definition) is 5. The smallest absolute Gasteiger partial charge is 0.335 e. The third-order valence-electron chi connectivity index (χ3n) is 5.49. The van der Waals surface area contributed by atoms with Crippen LogP contribution in [0.2, 0.25) is 0 Å². The van der Waals surface area contributed by atoms with Crippen molar-refractivity contribution < 1.29 is 28.2 Å². The van der Waals surface area contributed by atoms with Crippen molar-refractivity contribution in [2.24, 2.45) is 0 Å². The van der Waals surface area contributed by atoms with Crippen LogP contribution in [0.3, 0.4) is 0 Å². The molecule has 7 nitrogen and oxygen atoms in total. The number of carbonyl (C=O) groups excluding carboxylic acids is 3. The van der Waals surface area contributed by atoms with Crippen molar-refractivity contribution in [3.8, 4) is 11.5 Å². The van der Waals surface area contributed by atoms with Crippen LogP contribution in [-0.2, 0) is 16.0 Å². The topological polar surface area (TPSA) is 84.9 Å². The average Bonchev–Trinajstić information content (AvgIpc) is 2.84. The van der Waals surface area contributed by atoms with Crippen molar-refractivity contribution in [3.63, 3.8) is 0 Å². The lowest BCUT2D eigenvalue weighted by Gasteiger charge is -2.26. The maximum absolute atomic E-state index is 13.6. The predicted molar refractivity (Wildman–Crippen MR) is 133 cm³/mol. The van der Waals surface area contributed by atoms with E-state index in [0.29, 0.717) is 42.4 Å². The molecule has 0 radical (unpaired) electrons. The predicted octanol–water partition coefficient (Wildman–Crippen LogP) is 4.88. The van der Waals surface area contributed by atoms with E-state index in [9.17, 15) is 18.8 Å². The maximum Gasteiger partial charge on any atom is 0.335 e. The summed E-state index contributed by atoms with van der Waals surface area (Å²) in [6.45, 7) is 4.57. The number of amides is 4. The molecule has 1 saturated heterocycles. The van der Waals surface area contributed by atoms with Crippen molar-refractivity contribution in [2.45, 2.75) is 20.3 Å². The van der Waals surface area contributed by atoms with E-state index in [4.69, 9.17) is 9.47 Å². The minimum absolute atomic E-state index is 0.191. The summed E-state index contributed by atoms with van der Waals surface area (Å²) in [4.78, 5) is 39.1. The Bertz CT molecular complexity index is 1330. The first-order chi connectivity index (χ1) is 17.4. The molecule has 3 aromatic carbocycles. The van der Waals surface area contributed by atoms with Crippen molar-refractivity contribution in [3.05, 3.63) is 94.8 Å². The standard InChI is InChI=1S/C28H25FN2O5/c1-3-35-23-12-10-22(11-13-23)31-27(33)24(26(32)30-28(31)34)16-19-8-9-20(25(17-19)36-4-2)14-18-6-5-7-21(29)15-18/h5-13,15-17H,3-4,14H2,1-2H3,(H,30,32,34)/b24-16+. The minimum Gasteiger partial charge on any atom is -0.494 e. The highest BCUT2D eigenvalue weighted by molar-refractivity contribution is 6.39. The van der Waals surface area contributed by atoms with Crippen LogP contribution in [-0.4, -0.2) is 31.1 Å². The summed E-state index contributed by atoms with van der Waals surface area (Å²) in [5, 5.41) is 2.22. The number of carbonyl (C=O) groups is 3. The first kappa shape index (κ1) is 24.7. The van der Waals surface area contributed by atoms with Crippen LogP contribution in [0.4, 0.5) is 14.9 Å². The molecule has 1 fully saturated rings. The molecule has 1 aliphatic heterocycles. The SMILES string of the molecule is CCOc1ccc(N2C(=O)NC(=O)/C(=C\c3ccc(Cc4cccc(F)c4)c(OCC)c3)C2=O)cc1. The van der Waals surface area contributed by atoms with Gasteiger partial charge < -0.3 is 9.47 Å². The van der Waals surface area contributed by atoms with Crippen molar-refractivity contribution in [1.82, 2.24) is 5.32 Å². The summed E-state index contributed by atoms with van der Waals surface area (Å²) in [7, 11) is 0. The highest BCUT2D eigenvalue weighted by atomic mass is 19.1. The van der Waals surface area contributed by atoms with Crippen molar-refractivity contribution in [1.29, 1.82) is 0 Å². The number of ether oxygens (including phenoxy) is 2. The van der Waals surface area contributed by atoms with E-state index in [1.165, 1.54) is 18.2 Å². The molecule has 0 aromatic heterocycles. The van der Waals surface area contributed by atoms with Crippen LogP contribution < -0.4 is 19.7 Å². The van der Waals surface area contributed by atoms with Gasteiger partial charge >= 0.3 is 6.03 Å². The van der Waals surface area contributed by atoms with E-state index in [0.717, 1.165) is 16.0 Å². The second kappa shape index (κ2) is 10.9. The molecule has 184 valence electrons. The molecule has 0 bridgehead atoms. The van der Waals surface area contributed by atoms with Gasteiger partial charge in [-0.2, -0.15) is 0 Å². The zero-order valence-corrected chi connectivity index (χ0v) is 19.9. The molecule has 3 aromatic rings. The van der Waals surface area contributed by atoms with Crippen LogP contribution in [0.25, 0.3) is 6.08 Å². The second-order valence-electron chi connectivity index (χ2n) is 7.99. The maximum atomic E-state index is 13.6. The number of hydrogen-bond donors (Lipinski definition) is 1. The van der Waals surface area contributed by atoms with Gasteiger partial charge in [0.15, 0.2) is 0 Å². The molecule has 0 unspecified atom stereocenters. The monoisotopic (exact) mass is 488 g/mol. The lowest BCUT2D eigenvalue weighted by atomic mass is 10.0. The van der Waals surface area contributed by atoms with E-state index in [1.807, 2.05) is 26.0 Å². The lowest BCUT2D eigenvalue weighted by molar-refractivity contribution is -0.122. The van der Waals surface area contributed by atoms with Gasteiger partial charge in [0.1, 0.15) is 22.9 Å². The Morgan fingerprint density at radius 3 is 2.36 bits per heavy atom. The Labute approximate surface area is 208 Å². The fourth-order valence-corrected chi connectivity index (χ4v) is 3.88. The minimum atomic E-state index is -0.827. The molecule has 1 N–H and O–H groups in total. The number of halogens is 1.